The maximum Gasteiger partial charge on any atom is 0.228 e. The zero-order valence-electron chi connectivity index (χ0n) is 21.0. The Morgan fingerprint density at radius 2 is 1.66 bits per heavy atom. The van der Waals surface area contributed by atoms with Crippen molar-refractivity contribution in [3.8, 4) is 12.1 Å². The van der Waals surface area contributed by atoms with E-state index in [0.29, 0.717) is 17.3 Å². The van der Waals surface area contributed by atoms with Gasteiger partial charge in [0, 0.05) is 16.8 Å². The van der Waals surface area contributed by atoms with Gasteiger partial charge in [-0.05, 0) is 92.7 Å². The number of allylic oxidation sites excluding steroid dienone is 2. The molecule has 7 nitrogen and oxygen atoms in total. The van der Waals surface area contributed by atoms with Crippen molar-refractivity contribution in [1.29, 1.82) is 10.5 Å². The fourth-order valence-electron chi connectivity index (χ4n) is 3.26. The summed E-state index contributed by atoms with van der Waals surface area (Å²) in [6.07, 6.45) is 3.45. The second-order valence-corrected chi connectivity index (χ2v) is 8.99. The van der Waals surface area contributed by atoms with Gasteiger partial charge in [-0.1, -0.05) is 20.8 Å². The van der Waals surface area contributed by atoms with E-state index in [1.807, 2.05) is 45.0 Å². The number of guanidine groups is 1. The highest BCUT2D eigenvalue weighted by molar-refractivity contribution is 6.06. The third kappa shape index (κ3) is 7.25. The van der Waals surface area contributed by atoms with E-state index in [1.165, 1.54) is 0 Å². The van der Waals surface area contributed by atoms with Gasteiger partial charge in [0.15, 0.2) is 5.78 Å². The molecule has 0 aliphatic rings. The Hall–Kier alpha value is -4.49. The van der Waals surface area contributed by atoms with Crippen molar-refractivity contribution >= 4 is 35.9 Å². The van der Waals surface area contributed by atoms with Crippen LogP contribution >= 0.6 is 0 Å². The summed E-state index contributed by atoms with van der Waals surface area (Å²) in [5.41, 5.74) is 4.29. The summed E-state index contributed by atoms with van der Waals surface area (Å²) in [6.45, 7) is 14.7. The first kappa shape index (κ1) is 26.8. The topological polar surface area (TPSA) is 113 Å². The lowest BCUT2D eigenvalue weighted by atomic mass is 9.86. The third-order valence-electron chi connectivity index (χ3n) is 5.09. The third-order valence-corrected chi connectivity index (χ3v) is 5.09. The number of ketones is 1. The van der Waals surface area contributed by atoms with Crippen molar-refractivity contribution in [3.05, 3.63) is 76.1 Å². The van der Waals surface area contributed by atoms with Crippen molar-refractivity contribution in [2.75, 3.05) is 10.6 Å². The van der Waals surface area contributed by atoms with Crippen molar-refractivity contribution in [1.82, 2.24) is 0 Å². The molecule has 0 aliphatic carbocycles. The first-order valence-corrected chi connectivity index (χ1v) is 11.1. The van der Waals surface area contributed by atoms with Gasteiger partial charge in [0.25, 0.3) is 0 Å². The number of nitrogens with one attached hydrogen (secondary N) is 2. The summed E-state index contributed by atoms with van der Waals surface area (Å²) >= 11 is 0. The average Bonchev–Trinajstić information content (AvgIpc) is 2.82. The number of benzene rings is 2. The van der Waals surface area contributed by atoms with E-state index in [9.17, 15) is 10.1 Å². The van der Waals surface area contributed by atoms with Crippen LogP contribution in [0.25, 0.3) is 6.08 Å². The number of nitriles is 2. The molecule has 7 heteroatoms. The number of hydrogen-bond acceptors (Lipinski definition) is 5. The Morgan fingerprint density at radius 3 is 2.11 bits per heavy atom. The molecule has 0 bridgehead atoms. The lowest BCUT2D eigenvalue weighted by Crippen LogP contribution is -2.21. The molecule has 0 aliphatic heterocycles. The fourth-order valence-corrected chi connectivity index (χ4v) is 3.26. The first-order chi connectivity index (χ1) is 16.5. The molecule has 0 atom stereocenters. The van der Waals surface area contributed by atoms with E-state index >= 15 is 0 Å². The lowest BCUT2D eigenvalue weighted by Gasteiger charge is -2.17. The summed E-state index contributed by atoms with van der Waals surface area (Å²) in [6, 6.07) is 14.9. The minimum Gasteiger partial charge on any atom is -0.340 e. The van der Waals surface area contributed by atoms with Gasteiger partial charge in [0.2, 0.25) is 5.96 Å². The number of hydrogen-bond donors (Lipinski definition) is 2. The molecule has 0 unspecified atom stereocenters. The molecule has 0 saturated heterocycles. The standard InChI is InChI=1S/C28H30N6O/c1-8-24(34-27(31-7)32-23-11-9-20(16-29)10-12-23)33-25-18(2)13-21(14-19(25)3)15-22(17-30)26(35)28(4,5)6/h8-15,33H,7H2,1-6H3,(H,32,34)/b22-15-,24-8-. The number of aryl methyl sites for hydroxylation is 2. The number of aliphatic imine (C=N–C) groups is 2. The van der Waals surface area contributed by atoms with Crippen molar-refractivity contribution in [2.24, 2.45) is 15.4 Å². The van der Waals surface area contributed by atoms with Crippen LogP contribution in [0.4, 0.5) is 11.4 Å². The first-order valence-electron chi connectivity index (χ1n) is 11.1. The van der Waals surface area contributed by atoms with Gasteiger partial charge in [0.1, 0.15) is 11.9 Å². The maximum atomic E-state index is 12.6. The molecule has 0 radical (unpaired) electrons. The van der Waals surface area contributed by atoms with Crippen LogP contribution in [0.3, 0.4) is 0 Å². The molecule has 0 fully saturated rings. The molecular formula is C28H30N6O. The Bertz CT molecular complexity index is 1270. The Kier molecular flexibility index (Phi) is 8.85. The molecule has 0 spiro atoms. The highest BCUT2D eigenvalue weighted by atomic mass is 16.1. The van der Waals surface area contributed by atoms with E-state index in [-0.39, 0.29) is 11.4 Å². The van der Waals surface area contributed by atoms with Crippen LogP contribution in [0, 0.1) is 41.9 Å². The van der Waals surface area contributed by atoms with Crippen LogP contribution in [0.1, 0.15) is 49.9 Å². The molecule has 2 rings (SSSR count). The number of carbonyl (C=O) groups excluding carboxylic acids is 1. The fraction of sp³-hybridized carbons (Fsp3) is 0.250. The second-order valence-electron chi connectivity index (χ2n) is 8.99. The number of nitrogens with zero attached hydrogens (tertiary/aromatic N) is 4. The molecular weight excluding hydrogens is 436 g/mol. The van der Waals surface area contributed by atoms with E-state index in [0.717, 1.165) is 28.1 Å². The van der Waals surface area contributed by atoms with E-state index in [4.69, 9.17) is 5.26 Å². The number of Topliss-reactive ketones (excluding diaryl/α,β-unsaturated/α-hetero) is 1. The largest absolute Gasteiger partial charge is 0.340 e. The predicted octanol–water partition coefficient (Wildman–Crippen LogP) is 6.14. The van der Waals surface area contributed by atoms with Gasteiger partial charge in [-0.2, -0.15) is 15.5 Å². The zero-order chi connectivity index (χ0) is 26.2. The van der Waals surface area contributed by atoms with Crippen LogP contribution in [-0.2, 0) is 4.79 Å². The average molecular weight is 467 g/mol. The van der Waals surface area contributed by atoms with Gasteiger partial charge in [-0.25, -0.2) is 4.99 Å². The van der Waals surface area contributed by atoms with Crippen molar-refractivity contribution < 1.29 is 4.79 Å². The van der Waals surface area contributed by atoms with Gasteiger partial charge < -0.3 is 10.6 Å². The van der Waals surface area contributed by atoms with Crippen LogP contribution < -0.4 is 10.6 Å². The van der Waals surface area contributed by atoms with Crippen LogP contribution in [0.2, 0.25) is 0 Å². The Labute approximate surface area is 207 Å². The number of rotatable bonds is 6. The highest BCUT2D eigenvalue weighted by Crippen LogP contribution is 2.27. The van der Waals surface area contributed by atoms with Crippen LogP contribution in [0.5, 0.6) is 0 Å². The smallest absolute Gasteiger partial charge is 0.228 e. The molecule has 178 valence electrons. The SMILES string of the molecule is C=N/C(=N\C(=C/C)Nc1c(C)cc(/C=C(/C#N)C(=O)C(C)(C)C)cc1C)Nc1ccc(C#N)cc1. The van der Waals surface area contributed by atoms with Crippen molar-refractivity contribution in [3.63, 3.8) is 0 Å². The van der Waals surface area contributed by atoms with Gasteiger partial charge in [0.05, 0.1) is 17.2 Å². The Balaban J connectivity index is 2.31. The van der Waals surface area contributed by atoms with Crippen LogP contribution in [-0.4, -0.2) is 18.5 Å². The molecule has 0 heterocycles. The second kappa shape index (κ2) is 11.6. The van der Waals surface area contributed by atoms with Crippen LogP contribution in [0.15, 0.2) is 63.9 Å². The summed E-state index contributed by atoms with van der Waals surface area (Å²) in [5, 5.41) is 24.9. The summed E-state index contributed by atoms with van der Waals surface area (Å²) in [4.78, 5) is 21.0. The molecule has 0 amide bonds. The maximum absolute atomic E-state index is 12.6. The molecule has 2 aromatic rings. The summed E-state index contributed by atoms with van der Waals surface area (Å²) < 4.78 is 0. The summed E-state index contributed by atoms with van der Waals surface area (Å²) in [5.74, 6) is 0.662. The lowest BCUT2D eigenvalue weighted by molar-refractivity contribution is -0.121. The quantitative estimate of drug-likeness (QED) is 0.230. The molecule has 35 heavy (non-hydrogen) atoms. The molecule has 2 N–H and O–H groups in total. The number of anilines is 2. The molecule has 0 saturated carbocycles. The molecule has 2 aromatic carbocycles. The summed E-state index contributed by atoms with van der Waals surface area (Å²) in [7, 11) is 0. The van der Waals surface area contributed by atoms with Gasteiger partial charge in [-0.15, -0.1) is 0 Å². The highest BCUT2D eigenvalue weighted by Gasteiger charge is 2.25. The van der Waals surface area contributed by atoms with Crippen molar-refractivity contribution in [2.45, 2.75) is 41.5 Å². The van der Waals surface area contributed by atoms with E-state index in [2.05, 4.69) is 33.4 Å². The molecule has 0 aromatic heterocycles. The van der Waals surface area contributed by atoms with E-state index in [1.54, 1.807) is 51.1 Å². The zero-order valence-corrected chi connectivity index (χ0v) is 21.0. The number of carbonyl (C=O) groups is 1. The minimum atomic E-state index is -0.630. The Morgan fingerprint density at radius 1 is 1.06 bits per heavy atom. The van der Waals surface area contributed by atoms with Gasteiger partial charge >= 0.3 is 0 Å². The minimum absolute atomic E-state index is 0.131. The monoisotopic (exact) mass is 466 g/mol. The predicted molar refractivity (Wildman–Crippen MR) is 143 cm³/mol. The van der Waals surface area contributed by atoms with Gasteiger partial charge in [-0.3, -0.25) is 4.79 Å². The normalized spacial score (nSPS) is 12.4. The van der Waals surface area contributed by atoms with E-state index < -0.39 is 5.41 Å².